The van der Waals surface area contributed by atoms with Gasteiger partial charge in [-0.2, -0.15) is 0 Å². The largest absolute Gasteiger partial charge is 0.495 e. The van der Waals surface area contributed by atoms with Crippen LogP contribution in [0.3, 0.4) is 0 Å². The molecule has 2 rings (SSSR count). The van der Waals surface area contributed by atoms with Crippen LogP contribution in [0.1, 0.15) is 25.8 Å². The number of carbonyl (C=O) groups is 1. The van der Waals surface area contributed by atoms with Gasteiger partial charge in [-0.15, -0.1) is 10.2 Å². The molecule has 0 radical (unpaired) electrons. The van der Waals surface area contributed by atoms with Gasteiger partial charge in [0.25, 0.3) is 0 Å². The molecule has 0 bridgehead atoms. The fourth-order valence-electron chi connectivity index (χ4n) is 1.92. The highest BCUT2D eigenvalue weighted by molar-refractivity contribution is 7.15. The predicted molar refractivity (Wildman–Crippen MR) is 98.5 cm³/mol. The van der Waals surface area contributed by atoms with E-state index in [1.807, 2.05) is 7.05 Å². The van der Waals surface area contributed by atoms with Gasteiger partial charge in [0.05, 0.1) is 19.3 Å². The van der Waals surface area contributed by atoms with Gasteiger partial charge in [0.15, 0.2) is 0 Å². The summed E-state index contributed by atoms with van der Waals surface area (Å²) in [5.74, 6) is 0.368. The lowest BCUT2D eigenvalue weighted by molar-refractivity contribution is -0.114. The van der Waals surface area contributed by atoms with Crippen molar-refractivity contribution in [1.82, 2.24) is 10.2 Å². The van der Waals surface area contributed by atoms with Gasteiger partial charge >= 0.3 is 0 Å². The third kappa shape index (κ3) is 4.58. The minimum atomic E-state index is -0.189. The van der Waals surface area contributed by atoms with Crippen molar-refractivity contribution in [2.24, 2.45) is 0 Å². The fourth-order valence-corrected chi connectivity index (χ4v) is 2.96. The zero-order valence-corrected chi connectivity index (χ0v) is 16.0. The SMILES string of the molecule is COc1ccc(Cl)cc1NC(=O)CN(C)c1nnc(C(C)(C)C)s1. The summed E-state index contributed by atoms with van der Waals surface area (Å²) in [5, 5.41) is 13.3. The molecule has 0 aliphatic rings. The predicted octanol–water partition coefficient (Wildman–Crippen LogP) is 3.57. The van der Waals surface area contributed by atoms with Crippen molar-refractivity contribution in [3.8, 4) is 5.75 Å². The summed E-state index contributed by atoms with van der Waals surface area (Å²) in [5.41, 5.74) is 0.476. The second-order valence-corrected chi connectivity index (χ2v) is 7.78. The Morgan fingerprint density at radius 3 is 2.67 bits per heavy atom. The number of hydrogen-bond acceptors (Lipinski definition) is 6. The fraction of sp³-hybridized carbons (Fsp3) is 0.438. The number of likely N-dealkylation sites (N-methyl/N-ethyl adjacent to an activating group) is 1. The number of nitrogens with one attached hydrogen (secondary N) is 1. The van der Waals surface area contributed by atoms with E-state index in [0.717, 1.165) is 5.01 Å². The smallest absolute Gasteiger partial charge is 0.244 e. The molecule has 1 aromatic heterocycles. The van der Waals surface area contributed by atoms with Crippen LogP contribution in [0.25, 0.3) is 0 Å². The van der Waals surface area contributed by atoms with Crippen LogP contribution in [-0.2, 0) is 10.2 Å². The number of amides is 1. The highest BCUT2D eigenvalue weighted by Crippen LogP contribution is 2.30. The lowest BCUT2D eigenvalue weighted by atomic mass is 9.98. The Morgan fingerprint density at radius 1 is 1.38 bits per heavy atom. The molecule has 6 nitrogen and oxygen atoms in total. The van der Waals surface area contributed by atoms with Crippen molar-refractivity contribution in [3.05, 3.63) is 28.2 Å². The highest BCUT2D eigenvalue weighted by Gasteiger charge is 2.21. The van der Waals surface area contributed by atoms with Gasteiger partial charge in [0.1, 0.15) is 10.8 Å². The van der Waals surface area contributed by atoms with Crippen LogP contribution in [0.15, 0.2) is 18.2 Å². The van der Waals surface area contributed by atoms with Crippen molar-refractivity contribution in [2.45, 2.75) is 26.2 Å². The molecule has 0 saturated carbocycles. The molecule has 2 aromatic rings. The van der Waals surface area contributed by atoms with E-state index in [-0.39, 0.29) is 17.9 Å². The molecule has 0 unspecified atom stereocenters. The molecular weight excluding hydrogens is 348 g/mol. The summed E-state index contributed by atoms with van der Waals surface area (Å²) in [7, 11) is 3.35. The molecule has 1 heterocycles. The minimum Gasteiger partial charge on any atom is -0.495 e. The Hall–Kier alpha value is -1.86. The van der Waals surface area contributed by atoms with E-state index in [9.17, 15) is 4.79 Å². The average Bonchev–Trinajstić information content (AvgIpc) is 2.97. The molecule has 0 aliphatic heterocycles. The molecule has 0 spiro atoms. The van der Waals surface area contributed by atoms with Gasteiger partial charge in [0, 0.05) is 17.5 Å². The Balaban J connectivity index is 2.04. The molecule has 24 heavy (non-hydrogen) atoms. The second kappa shape index (κ2) is 7.36. The Kier molecular flexibility index (Phi) is 5.66. The number of anilines is 2. The van der Waals surface area contributed by atoms with Crippen molar-refractivity contribution in [2.75, 3.05) is 30.9 Å². The number of rotatable bonds is 5. The number of methoxy groups -OCH3 is 1. The minimum absolute atomic E-state index is 0.0623. The van der Waals surface area contributed by atoms with Crippen molar-refractivity contribution in [1.29, 1.82) is 0 Å². The molecule has 8 heteroatoms. The van der Waals surface area contributed by atoms with E-state index >= 15 is 0 Å². The second-order valence-electron chi connectivity index (χ2n) is 6.39. The molecule has 0 atom stereocenters. The first-order valence-electron chi connectivity index (χ1n) is 7.39. The molecule has 0 fully saturated rings. The van der Waals surface area contributed by atoms with E-state index in [0.29, 0.717) is 21.6 Å². The summed E-state index contributed by atoms with van der Waals surface area (Å²) in [6, 6.07) is 5.07. The van der Waals surface area contributed by atoms with Crippen molar-refractivity contribution in [3.63, 3.8) is 0 Å². The topological polar surface area (TPSA) is 67.3 Å². The maximum atomic E-state index is 12.3. The van der Waals surface area contributed by atoms with Crippen LogP contribution < -0.4 is 15.0 Å². The normalized spacial score (nSPS) is 11.2. The molecule has 0 saturated heterocycles. The maximum absolute atomic E-state index is 12.3. The maximum Gasteiger partial charge on any atom is 0.244 e. The van der Waals surface area contributed by atoms with E-state index in [1.54, 1.807) is 30.2 Å². The van der Waals surface area contributed by atoms with Crippen LogP contribution >= 0.6 is 22.9 Å². The lowest BCUT2D eigenvalue weighted by Crippen LogP contribution is -2.30. The van der Waals surface area contributed by atoms with E-state index in [1.165, 1.54) is 11.3 Å². The number of aromatic nitrogens is 2. The first-order valence-corrected chi connectivity index (χ1v) is 8.58. The first kappa shape index (κ1) is 18.5. The van der Waals surface area contributed by atoms with Crippen LogP contribution in [0.5, 0.6) is 5.75 Å². The summed E-state index contributed by atoms with van der Waals surface area (Å²) >= 11 is 7.45. The monoisotopic (exact) mass is 368 g/mol. The summed E-state index contributed by atoms with van der Waals surface area (Å²) < 4.78 is 5.22. The molecule has 1 N–H and O–H groups in total. The third-order valence-electron chi connectivity index (χ3n) is 3.20. The molecule has 130 valence electrons. The third-order valence-corrected chi connectivity index (χ3v) is 4.90. The quantitative estimate of drug-likeness (QED) is 0.873. The van der Waals surface area contributed by atoms with E-state index in [2.05, 4.69) is 36.3 Å². The summed E-state index contributed by atoms with van der Waals surface area (Å²) in [4.78, 5) is 14.0. The number of benzene rings is 1. The van der Waals surface area contributed by atoms with E-state index in [4.69, 9.17) is 16.3 Å². The zero-order chi connectivity index (χ0) is 17.9. The van der Waals surface area contributed by atoms with Gasteiger partial charge in [-0.3, -0.25) is 4.79 Å². The van der Waals surface area contributed by atoms with Gasteiger partial charge in [-0.05, 0) is 18.2 Å². The van der Waals surface area contributed by atoms with Gasteiger partial charge < -0.3 is 15.0 Å². The Morgan fingerprint density at radius 2 is 2.08 bits per heavy atom. The molecule has 1 amide bonds. The molecular formula is C16H21ClN4O2S. The number of halogens is 1. The number of carbonyl (C=O) groups excluding carboxylic acids is 1. The van der Waals surface area contributed by atoms with Gasteiger partial charge in [-0.1, -0.05) is 43.7 Å². The Bertz CT molecular complexity index is 727. The number of hydrogen-bond donors (Lipinski definition) is 1. The van der Waals surface area contributed by atoms with Gasteiger partial charge in [-0.25, -0.2) is 0 Å². The summed E-state index contributed by atoms with van der Waals surface area (Å²) in [6.45, 7) is 6.38. The number of nitrogens with zero attached hydrogens (tertiary/aromatic N) is 3. The van der Waals surface area contributed by atoms with Crippen LogP contribution in [0.4, 0.5) is 10.8 Å². The van der Waals surface area contributed by atoms with E-state index < -0.39 is 0 Å². The van der Waals surface area contributed by atoms with Gasteiger partial charge in [0.2, 0.25) is 11.0 Å². The average molecular weight is 369 g/mol. The highest BCUT2D eigenvalue weighted by atomic mass is 35.5. The standard InChI is InChI=1S/C16H21ClN4O2S/c1-16(2,3)14-19-20-15(24-14)21(4)9-13(22)18-11-8-10(17)6-7-12(11)23-5/h6-8H,9H2,1-5H3,(H,18,22). The Labute approximate surface area is 150 Å². The van der Waals surface area contributed by atoms with Crippen LogP contribution in [-0.4, -0.2) is 36.8 Å². The van der Waals surface area contributed by atoms with Crippen molar-refractivity contribution < 1.29 is 9.53 Å². The van der Waals surface area contributed by atoms with Crippen LogP contribution in [0.2, 0.25) is 5.02 Å². The first-order chi connectivity index (χ1) is 11.2. The molecule has 0 aliphatic carbocycles. The van der Waals surface area contributed by atoms with Crippen LogP contribution in [0, 0.1) is 0 Å². The molecule has 1 aromatic carbocycles. The summed E-state index contributed by atoms with van der Waals surface area (Å²) in [6.07, 6.45) is 0. The lowest BCUT2D eigenvalue weighted by Gasteiger charge is -2.16. The van der Waals surface area contributed by atoms with Crippen molar-refractivity contribution >= 4 is 39.7 Å². The zero-order valence-electron chi connectivity index (χ0n) is 14.4. The number of ether oxygens (including phenoxy) is 1.